The van der Waals surface area contributed by atoms with E-state index in [9.17, 15) is 10.1 Å². The highest BCUT2D eigenvalue weighted by Gasteiger charge is 2.17. The van der Waals surface area contributed by atoms with Crippen LogP contribution in [0.3, 0.4) is 0 Å². The summed E-state index contributed by atoms with van der Waals surface area (Å²) in [6, 6.07) is 3.06. The van der Waals surface area contributed by atoms with E-state index in [0.29, 0.717) is 21.5 Å². The minimum Gasteiger partial charge on any atom is -0.324 e. The standard InChI is InChI=1S/C9H9BrN6O2/c1-5-2-6(10)8(3-7(5)16(17)18)15-9(4-11)12-13-14-15/h2-3H,4,11H2,1H3. The maximum absolute atomic E-state index is 10.9. The molecule has 0 unspecified atom stereocenters. The first kappa shape index (κ1) is 12.6. The van der Waals surface area contributed by atoms with Crippen molar-refractivity contribution < 1.29 is 4.92 Å². The van der Waals surface area contributed by atoms with Crippen molar-refractivity contribution in [1.29, 1.82) is 0 Å². The Balaban J connectivity index is 2.64. The molecule has 8 nitrogen and oxygen atoms in total. The summed E-state index contributed by atoms with van der Waals surface area (Å²) in [5, 5.41) is 21.9. The van der Waals surface area contributed by atoms with Gasteiger partial charge < -0.3 is 5.73 Å². The smallest absolute Gasteiger partial charge is 0.274 e. The SMILES string of the molecule is Cc1cc(Br)c(-n2nnnc2CN)cc1[N+](=O)[O-]. The molecular weight excluding hydrogens is 304 g/mol. The monoisotopic (exact) mass is 312 g/mol. The third kappa shape index (κ3) is 2.09. The van der Waals surface area contributed by atoms with Crippen molar-refractivity contribution in [2.45, 2.75) is 13.5 Å². The van der Waals surface area contributed by atoms with Crippen molar-refractivity contribution >= 4 is 21.6 Å². The summed E-state index contributed by atoms with van der Waals surface area (Å²) in [6.07, 6.45) is 0. The Bertz CT molecular complexity index is 611. The number of benzene rings is 1. The normalized spacial score (nSPS) is 10.6. The fourth-order valence-electron chi connectivity index (χ4n) is 1.53. The fraction of sp³-hybridized carbons (Fsp3) is 0.222. The molecule has 0 radical (unpaired) electrons. The average Bonchev–Trinajstić information content (AvgIpc) is 2.76. The highest BCUT2D eigenvalue weighted by Crippen LogP contribution is 2.29. The van der Waals surface area contributed by atoms with Crippen molar-refractivity contribution in [2.75, 3.05) is 0 Å². The third-order valence-corrected chi connectivity index (χ3v) is 3.04. The number of hydrogen-bond donors (Lipinski definition) is 1. The summed E-state index contributed by atoms with van der Waals surface area (Å²) in [4.78, 5) is 10.5. The molecule has 0 saturated heterocycles. The molecule has 94 valence electrons. The topological polar surface area (TPSA) is 113 Å². The van der Waals surface area contributed by atoms with Crippen molar-refractivity contribution in [3.8, 4) is 5.69 Å². The predicted octanol–water partition coefficient (Wildman–Crippen LogP) is 1.10. The lowest BCUT2D eigenvalue weighted by Gasteiger charge is -2.07. The number of nitrogens with zero attached hydrogens (tertiary/aromatic N) is 5. The van der Waals surface area contributed by atoms with Gasteiger partial charge in [0.2, 0.25) is 0 Å². The van der Waals surface area contributed by atoms with Gasteiger partial charge in [0.15, 0.2) is 5.82 Å². The van der Waals surface area contributed by atoms with E-state index < -0.39 is 4.92 Å². The summed E-state index contributed by atoms with van der Waals surface area (Å²) in [5.74, 6) is 0.425. The number of hydrogen-bond acceptors (Lipinski definition) is 6. The summed E-state index contributed by atoms with van der Waals surface area (Å²) < 4.78 is 2.03. The highest BCUT2D eigenvalue weighted by molar-refractivity contribution is 9.10. The number of rotatable bonds is 3. The van der Waals surface area contributed by atoms with E-state index in [1.807, 2.05) is 0 Å². The molecule has 2 aromatic rings. The van der Waals surface area contributed by atoms with E-state index in [1.54, 1.807) is 13.0 Å². The zero-order valence-electron chi connectivity index (χ0n) is 9.37. The van der Waals surface area contributed by atoms with Gasteiger partial charge >= 0.3 is 0 Å². The summed E-state index contributed by atoms with van der Waals surface area (Å²) >= 11 is 3.34. The molecule has 2 rings (SSSR count). The van der Waals surface area contributed by atoms with Gasteiger partial charge in [-0.2, -0.15) is 4.68 Å². The first-order valence-electron chi connectivity index (χ1n) is 4.97. The first-order valence-corrected chi connectivity index (χ1v) is 5.76. The Morgan fingerprint density at radius 2 is 2.28 bits per heavy atom. The zero-order valence-corrected chi connectivity index (χ0v) is 11.0. The van der Waals surface area contributed by atoms with E-state index >= 15 is 0 Å². The Labute approximate surface area is 110 Å². The van der Waals surface area contributed by atoms with Gasteiger partial charge in [0, 0.05) is 16.1 Å². The van der Waals surface area contributed by atoms with E-state index in [4.69, 9.17) is 5.73 Å². The Hall–Kier alpha value is -1.87. The van der Waals surface area contributed by atoms with E-state index in [2.05, 4.69) is 31.5 Å². The molecule has 2 N–H and O–H groups in total. The van der Waals surface area contributed by atoms with E-state index in [0.717, 1.165) is 0 Å². The average molecular weight is 313 g/mol. The van der Waals surface area contributed by atoms with Gasteiger partial charge in [0.1, 0.15) is 0 Å². The second-order valence-electron chi connectivity index (χ2n) is 3.56. The lowest BCUT2D eigenvalue weighted by molar-refractivity contribution is -0.385. The first-order chi connectivity index (χ1) is 8.54. The van der Waals surface area contributed by atoms with Crippen LogP contribution in [0.2, 0.25) is 0 Å². The van der Waals surface area contributed by atoms with E-state index in [1.165, 1.54) is 10.7 Å². The van der Waals surface area contributed by atoms with Crippen molar-refractivity contribution in [2.24, 2.45) is 5.73 Å². The van der Waals surface area contributed by atoms with Gasteiger partial charge in [-0.15, -0.1) is 5.10 Å². The lowest BCUT2D eigenvalue weighted by atomic mass is 10.2. The number of halogens is 1. The van der Waals surface area contributed by atoms with Gasteiger partial charge in [-0.05, 0) is 39.3 Å². The minimum absolute atomic E-state index is 0.00618. The highest BCUT2D eigenvalue weighted by atomic mass is 79.9. The number of aromatic nitrogens is 4. The predicted molar refractivity (Wildman–Crippen MR) is 66.1 cm³/mol. The lowest BCUT2D eigenvalue weighted by Crippen LogP contribution is -2.09. The Morgan fingerprint density at radius 1 is 1.56 bits per heavy atom. The van der Waals surface area contributed by atoms with Crippen LogP contribution in [-0.2, 0) is 6.54 Å². The molecule has 0 bridgehead atoms. The molecule has 0 aliphatic heterocycles. The van der Waals surface area contributed by atoms with Crippen molar-refractivity contribution in [3.63, 3.8) is 0 Å². The van der Waals surface area contributed by atoms with Crippen LogP contribution in [0.4, 0.5) is 5.69 Å². The van der Waals surface area contributed by atoms with Gasteiger partial charge in [-0.3, -0.25) is 10.1 Å². The summed E-state index contributed by atoms with van der Waals surface area (Å²) in [6.45, 7) is 1.80. The Kier molecular flexibility index (Phi) is 3.34. The second-order valence-corrected chi connectivity index (χ2v) is 4.41. The molecule has 9 heteroatoms. The number of tetrazole rings is 1. The molecule has 18 heavy (non-hydrogen) atoms. The van der Waals surface area contributed by atoms with Crippen LogP contribution < -0.4 is 5.73 Å². The van der Waals surface area contributed by atoms with Crippen molar-refractivity contribution in [1.82, 2.24) is 20.2 Å². The van der Waals surface area contributed by atoms with Crippen LogP contribution in [0.5, 0.6) is 0 Å². The number of aryl methyl sites for hydroxylation is 1. The van der Waals surface area contributed by atoms with Crippen LogP contribution in [0.25, 0.3) is 5.69 Å². The molecule has 0 fully saturated rings. The zero-order chi connectivity index (χ0) is 13.3. The van der Waals surface area contributed by atoms with Crippen molar-refractivity contribution in [3.05, 3.63) is 38.1 Å². The number of nitro groups is 1. The van der Waals surface area contributed by atoms with Crippen LogP contribution >= 0.6 is 15.9 Å². The minimum atomic E-state index is -0.447. The van der Waals surface area contributed by atoms with Gasteiger partial charge in [0.05, 0.1) is 17.2 Å². The third-order valence-electron chi connectivity index (χ3n) is 2.41. The molecule has 1 aromatic carbocycles. The second kappa shape index (κ2) is 4.78. The maximum atomic E-state index is 10.9. The molecule has 0 aliphatic carbocycles. The Morgan fingerprint density at radius 3 is 2.89 bits per heavy atom. The van der Waals surface area contributed by atoms with Crippen LogP contribution in [-0.4, -0.2) is 25.1 Å². The van der Waals surface area contributed by atoms with Crippen LogP contribution in [0.1, 0.15) is 11.4 Å². The molecule has 1 aromatic heterocycles. The fourth-order valence-corrected chi connectivity index (χ4v) is 2.16. The molecule has 0 amide bonds. The molecular formula is C9H9BrN6O2. The van der Waals surface area contributed by atoms with Gasteiger partial charge in [-0.1, -0.05) is 0 Å². The quantitative estimate of drug-likeness (QED) is 0.670. The van der Waals surface area contributed by atoms with E-state index in [-0.39, 0.29) is 12.2 Å². The molecule has 0 atom stereocenters. The molecule has 0 aliphatic rings. The largest absolute Gasteiger partial charge is 0.324 e. The summed E-state index contributed by atoms with van der Waals surface area (Å²) in [5.41, 5.74) is 6.54. The molecule has 0 spiro atoms. The number of nitro benzene ring substituents is 1. The molecule has 0 saturated carbocycles. The van der Waals surface area contributed by atoms with Crippen LogP contribution in [0.15, 0.2) is 16.6 Å². The summed E-state index contributed by atoms with van der Waals surface area (Å²) in [7, 11) is 0. The maximum Gasteiger partial charge on any atom is 0.274 e. The van der Waals surface area contributed by atoms with Crippen LogP contribution in [0, 0.1) is 17.0 Å². The number of nitrogens with two attached hydrogens (primary N) is 1. The van der Waals surface area contributed by atoms with Gasteiger partial charge in [-0.25, -0.2) is 0 Å². The molecule has 1 heterocycles. The van der Waals surface area contributed by atoms with Gasteiger partial charge in [0.25, 0.3) is 5.69 Å².